The molecule has 0 amide bonds. The first-order chi connectivity index (χ1) is 9.20. The van der Waals surface area contributed by atoms with Crippen LogP contribution in [0, 0.1) is 0 Å². The van der Waals surface area contributed by atoms with Crippen molar-refractivity contribution in [3.05, 3.63) is 0 Å². The van der Waals surface area contributed by atoms with E-state index in [4.69, 9.17) is 0 Å². The van der Waals surface area contributed by atoms with Gasteiger partial charge in [0.05, 0.1) is 0 Å². The van der Waals surface area contributed by atoms with E-state index in [2.05, 4.69) is 13.8 Å². The summed E-state index contributed by atoms with van der Waals surface area (Å²) in [5, 5.41) is 19.6. The zero-order valence-corrected chi connectivity index (χ0v) is 13.8. The van der Waals surface area contributed by atoms with Gasteiger partial charge in [-0.2, -0.15) is 0 Å². The molecule has 0 rings (SSSR count). The molecule has 0 heterocycles. The molecule has 0 saturated heterocycles. The zero-order valence-electron chi connectivity index (χ0n) is 12.9. The lowest BCUT2D eigenvalue weighted by atomic mass is 10.1. The van der Waals surface area contributed by atoms with Gasteiger partial charge in [-0.3, -0.25) is 0 Å². The molecule has 0 aromatic heterocycles. The second-order valence-electron chi connectivity index (χ2n) is 5.45. The maximum Gasteiger partial charge on any atom is 0.102 e. The summed E-state index contributed by atoms with van der Waals surface area (Å²) < 4.78 is 0. The number of aliphatic hydroxyl groups excluding tert-OH is 2. The minimum atomic E-state index is -0.382. The smallest absolute Gasteiger partial charge is 0.102 e. The Labute approximate surface area is 124 Å². The van der Waals surface area contributed by atoms with Crippen molar-refractivity contribution in [3.8, 4) is 0 Å². The highest BCUT2D eigenvalue weighted by Gasteiger charge is 2.11. The van der Waals surface area contributed by atoms with Gasteiger partial charge in [0.25, 0.3) is 0 Å². The quantitative estimate of drug-likeness (QED) is 0.346. The van der Waals surface area contributed by atoms with Crippen molar-refractivity contribution < 1.29 is 10.2 Å². The molecule has 0 aliphatic carbocycles. The Balaban J connectivity index is 3.34. The van der Waals surface area contributed by atoms with E-state index >= 15 is 0 Å². The van der Waals surface area contributed by atoms with E-state index in [0.717, 1.165) is 25.7 Å². The molecule has 2 nitrogen and oxygen atoms in total. The van der Waals surface area contributed by atoms with Gasteiger partial charge in [-0.1, -0.05) is 89.8 Å². The first-order valence-corrected chi connectivity index (χ1v) is 9.16. The standard InChI is InChI=1S/C16H34O2S/c1-3-5-7-9-11-13-15(17)19-16(18)14-12-10-8-6-4-2/h15-18H,3-14H2,1-2H3. The molecular weight excluding hydrogens is 256 g/mol. The molecule has 0 bridgehead atoms. The predicted octanol–water partition coefficient (Wildman–Crippen LogP) is 5.08. The summed E-state index contributed by atoms with van der Waals surface area (Å²) in [6, 6.07) is 0. The van der Waals surface area contributed by atoms with Crippen molar-refractivity contribution in [2.45, 2.75) is 102 Å². The number of hydrogen-bond donors (Lipinski definition) is 2. The second-order valence-corrected chi connectivity index (χ2v) is 6.81. The molecule has 0 aromatic rings. The van der Waals surface area contributed by atoms with Gasteiger partial charge in [0.2, 0.25) is 0 Å². The molecule has 0 spiro atoms. The number of aliphatic hydroxyl groups is 2. The molecule has 19 heavy (non-hydrogen) atoms. The molecule has 116 valence electrons. The van der Waals surface area contributed by atoms with Crippen LogP contribution in [0.2, 0.25) is 0 Å². The lowest BCUT2D eigenvalue weighted by Gasteiger charge is -2.15. The highest BCUT2D eigenvalue weighted by atomic mass is 32.2. The van der Waals surface area contributed by atoms with E-state index in [-0.39, 0.29) is 10.9 Å². The third-order valence-corrected chi connectivity index (χ3v) is 4.52. The number of unbranched alkanes of at least 4 members (excludes halogenated alkanes) is 8. The van der Waals surface area contributed by atoms with E-state index in [0.29, 0.717) is 0 Å². The van der Waals surface area contributed by atoms with Crippen molar-refractivity contribution in [2.75, 3.05) is 0 Å². The van der Waals surface area contributed by atoms with Crippen molar-refractivity contribution in [2.24, 2.45) is 0 Å². The Bertz CT molecular complexity index is 158. The van der Waals surface area contributed by atoms with Gasteiger partial charge in [0.15, 0.2) is 0 Å². The fourth-order valence-corrected chi connectivity index (χ4v) is 3.13. The molecule has 0 aromatic carbocycles. The summed E-state index contributed by atoms with van der Waals surface area (Å²) in [5.74, 6) is 0. The normalized spacial score (nSPS) is 14.5. The Morgan fingerprint density at radius 3 is 1.37 bits per heavy atom. The van der Waals surface area contributed by atoms with E-state index in [1.165, 1.54) is 63.1 Å². The first kappa shape index (κ1) is 19.3. The summed E-state index contributed by atoms with van der Waals surface area (Å²) in [5.41, 5.74) is -0.764. The summed E-state index contributed by atoms with van der Waals surface area (Å²) >= 11 is 1.34. The monoisotopic (exact) mass is 290 g/mol. The van der Waals surface area contributed by atoms with E-state index < -0.39 is 0 Å². The summed E-state index contributed by atoms with van der Waals surface area (Å²) in [6.07, 6.45) is 13.9. The van der Waals surface area contributed by atoms with Crippen LogP contribution in [0.5, 0.6) is 0 Å². The minimum Gasteiger partial charge on any atom is -0.382 e. The second kappa shape index (κ2) is 14.7. The molecular formula is C16H34O2S. The summed E-state index contributed by atoms with van der Waals surface area (Å²) in [4.78, 5) is 0. The molecule has 2 atom stereocenters. The van der Waals surface area contributed by atoms with Gasteiger partial charge in [-0.05, 0) is 12.8 Å². The fraction of sp³-hybridized carbons (Fsp3) is 1.00. The van der Waals surface area contributed by atoms with Gasteiger partial charge >= 0.3 is 0 Å². The van der Waals surface area contributed by atoms with Crippen LogP contribution in [0.3, 0.4) is 0 Å². The van der Waals surface area contributed by atoms with Gasteiger partial charge in [0.1, 0.15) is 10.9 Å². The third kappa shape index (κ3) is 14.5. The van der Waals surface area contributed by atoms with Crippen molar-refractivity contribution in [1.82, 2.24) is 0 Å². The Hall–Kier alpha value is 0.270. The highest BCUT2D eigenvalue weighted by molar-refractivity contribution is 8.00. The summed E-state index contributed by atoms with van der Waals surface area (Å²) in [7, 11) is 0. The van der Waals surface area contributed by atoms with Gasteiger partial charge in [-0.25, -0.2) is 0 Å². The largest absolute Gasteiger partial charge is 0.382 e. The Morgan fingerprint density at radius 1 is 0.632 bits per heavy atom. The molecule has 0 fully saturated rings. The molecule has 0 aliphatic rings. The SMILES string of the molecule is CCCCCCCC(O)SC(O)CCCCCCC. The topological polar surface area (TPSA) is 40.5 Å². The van der Waals surface area contributed by atoms with Gasteiger partial charge in [0, 0.05) is 0 Å². The molecule has 0 saturated carbocycles. The lowest BCUT2D eigenvalue weighted by Crippen LogP contribution is -2.10. The summed E-state index contributed by atoms with van der Waals surface area (Å²) in [6.45, 7) is 4.42. The van der Waals surface area contributed by atoms with Crippen LogP contribution >= 0.6 is 11.8 Å². The first-order valence-electron chi connectivity index (χ1n) is 8.22. The van der Waals surface area contributed by atoms with Crippen molar-refractivity contribution >= 4 is 11.8 Å². The molecule has 0 radical (unpaired) electrons. The Kier molecular flexibility index (Phi) is 14.9. The maximum atomic E-state index is 9.82. The van der Waals surface area contributed by atoms with Crippen LogP contribution in [0.1, 0.15) is 90.9 Å². The Morgan fingerprint density at radius 2 is 1.00 bits per heavy atom. The van der Waals surface area contributed by atoms with Crippen LogP contribution in [-0.2, 0) is 0 Å². The molecule has 2 N–H and O–H groups in total. The van der Waals surface area contributed by atoms with E-state index in [1.54, 1.807) is 0 Å². The van der Waals surface area contributed by atoms with Crippen molar-refractivity contribution in [1.29, 1.82) is 0 Å². The fourth-order valence-electron chi connectivity index (χ4n) is 2.16. The highest BCUT2D eigenvalue weighted by Crippen LogP contribution is 2.23. The van der Waals surface area contributed by atoms with Crippen LogP contribution in [0.15, 0.2) is 0 Å². The average molecular weight is 291 g/mol. The molecule has 0 aliphatic heterocycles. The van der Waals surface area contributed by atoms with Gasteiger partial charge < -0.3 is 10.2 Å². The maximum absolute atomic E-state index is 9.82. The van der Waals surface area contributed by atoms with Crippen LogP contribution < -0.4 is 0 Å². The predicted molar refractivity (Wildman–Crippen MR) is 86.4 cm³/mol. The van der Waals surface area contributed by atoms with Crippen molar-refractivity contribution in [3.63, 3.8) is 0 Å². The van der Waals surface area contributed by atoms with Crippen LogP contribution in [0.25, 0.3) is 0 Å². The number of hydrogen-bond acceptors (Lipinski definition) is 3. The number of rotatable bonds is 14. The average Bonchev–Trinajstić information content (AvgIpc) is 2.38. The van der Waals surface area contributed by atoms with Gasteiger partial charge in [-0.15, -0.1) is 0 Å². The minimum absolute atomic E-state index is 0.382. The van der Waals surface area contributed by atoms with E-state index in [1.807, 2.05) is 0 Å². The third-order valence-electron chi connectivity index (χ3n) is 3.42. The zero-order chi connectivity index (χ0) is 14.3. The van der Waals surface area contributed by atoms with E-state index in [9.17, 15) is 10.2 Å². The van der Waals surface area contributed by atoms with Crippen LogP contribution in [-0.4, -0.2) is 21.1 Å². The molecule has 2 unspecified atom stereocenters. The number of thioether (sulfide) groups is 1. The molecule has 3 heteroatoms. The van der Waals surface area contributed by atoms with Crippen LogP contribution in [0.4, 0.5) is 0 Å². The lowest BCUT2D eigenvalue weighted by molar-refractivity contribution is 0.219.